The number of amides is 1. The maximum absolute atomic E-state index is 13.3. The summed E-state index contributed by atoms with van der Waals surface area (Å²) in [6, 6.07) is 16.3. The van der Waals surface area contributed by atoms with Crippen molar-refractivity contribution in [2.75, 3.05) is 51.9 Å². The van der Waals surface area contributed by atoms with E-state index in [0.717, 1.165) is 57.3 Å². The zero-order chi connectivity index (χ0) is 30.1. The normalized spacial score (nSPS) is 14.8. The quantitative estimate of drug-likeness (QED) is 0.218. The molecule has 5 aromatic rings. The van der Waals surface area contributed by atoms with Gasteiger partial charge >= 0.3 is 0 Å². The topological polar surface area (TPSA) is 88.7 Å². The summed E-state index contributed by atoms with van der Waals surface area (Å²) >= 11 is 1.66. The summed E-state index contributed by atoms with van der Waals surface area (Å²) in [5.41, 5.74) is 11.6. The van der Waals surface area contributed by atoms with E-state index in [1.165, 1.54) is 12.8 Å². The number of rotatable bonds is 8. The van der Waals surface area contributed by atoms with Crippen molar-refractivity contribution in [2.45, 2.75) is 18.9 Å². The van der Waals surface area contributed by atoms with Crippen LogP contribution in [-0.4, -0.2) is 72.1 Å². The first kappa shape index (κ1) is 28.9. The number of hydrogen-bond donors (Lipinski definition) is 2. The maximum atomic E-state index is 13.3. The van der Waals surface area contributed by atoms with E-state index < -0.39 is 0 Å². The number of carbonyl (C=O) groups excluding carboxylic acids is 1. The smallest absolute Gasteiger partial charge is 0.272 e. The first-order valence-corrected chi connectivity index (χ1v) is 15.5. The Morgan fingerprint density at radius 3 is 2.74 bits per heavy atom. The molecule has 1 aliphatic heterocycles. The van der Waals surface area contributed by atoms with E-state index in [4.69, 9.17) is 10.5 Å². The molecular formula is C34H38N6O2S. The molecule has 222 valence electrons. The highest BCUT2D eigenvalue weighted by atomic mass is 32.1. The van der Waals surface area contributed by atoms with Gasteiger partial charge in [-0.05, 0) is 75.2 Å². The van der Waals surface area contributed by atoms with Crippen molar-refractivity contribution in [3.8, 4) is 16.9 Å². The Hall–Kier alpha value is -4.18. The lowest BCUT2D eigenvalue weighted by Crippen LogP contribution is -2.41. The number of thiophene rings is 1. The van der Waals surface area contributed by atoms with E-state index in [2.05, 4.69) is 51.7 Å². The highest BCUT2D eigenvalue weighted by Gasteiger charge is 2.20. The number of aryl methyl sites for hydroxylation is 1. The summed E-state index contributed by atoms with van der Waals surface area (Å²) in [5, 5.41) is 7.11. The van der Waals surface area contributed by atoms with Gasteiger partial charge < -0.3 is 25.3 Å². The van der Waals surface area contributed by atoms with Crippen LogP contribution < -0.4 is 15.8 Å². The van der Waals surface area contributed by atoms with Gasteiger partial charge in [-0.25, -0.2) is 4.98 Å². The van der Waals surface area contributed by atoms with Crippen molar-refractivity contribution < 1.29 is 9.53 Å². The third-order valence-electron chi connectivity index (χ3n) is 8.60. The number of fused-ring (bicyclic) bond motifs is 2. The Morgan fingerprint density at radius 1 is 1.19 bits per heavy atom. The number of hydrogen-bond acceptors (Lipinski definition) is 7. The number of likely N-dealkylation sites (N-methyl/N-ethyl adjacent to an activating group) is 1. The average Bonchev–Trinajstić information content (AvgIpc) is 3.61. The highest BCUT2D eigenvalue weighted by Crippen LogP contribution is 2.41. The van der Waals surface area contributed by atoms with Gasteiger partial charge in [0.1, 0.15) is 17.3 Å². The lowest BCUT2D eigenvalue weighted by molar-refractivity contribution is 0.101. The second-order valence-electron chi connectivity index (χ2n) is 11.3. The molecule has 8 nitrogen and oxygen atoms in total. The third kappa shape index (κ3) is 5.76. The van der Waals surface area contributed by atoms with E-state index in [-0.39, 0.29) is 5.91 Å². The molecule has 3 N–H and O–H groups in total. The van der Waals surface area contributed by atoms with Gasteiger partial charge in [0.2, 0.25) is 0 Å². The van der Waals surface area contributed by atoms with Crippen LogP contribution in [0.25, 0.3) is 38.2 Å². The van der Waals surface area contributed by atoms with Crippen LogP contribution in [0.15, 0.2) is 66.2 Å². The molecule has 0 atom stereocenters. The fraction of sp³-hybridized carbons (Fsp3) is 0.294. The molecule has 2 aromatic carbocycles. The molecule has 1 aliphatic rings. The molecule has 1 fully saturated rings. The van der Waals surface area contributed by atoms with Crippen molar-refractivity contribution in [1.82, 2.24) is 19.4 Å². The lowest BCUT2D eigenvalue weighted by atomic mass is 10.0. The number of anilines is 2. The monoisotopic (exact) mass is 594 g/mol. The Labute approximate surface area is 256 Å². The van der Waals surface area contributed by atoms with Crippen LogP contribution in [0.1, 0.15) is 28.9 Å². The van der Waals surface area contributed by atoms with Crippen LogP contribution in [-0.2, 0) is 7.05 Å². The molecule has 4 heterocycles. The molecule has 0 radical (unpaired) electrons. The molecule has 0 unspecified atom stereocenters. The van der Waals surface area contributed by atoms with Crippen LogP contribution >= 0.6 is 11.3 Å². The van der Waals surface area contributed by atoms with Crippen LogP contribution in [0.2, 0.25) is 0 Å². The number of ether oxygens (including phenoxy) is 1. The van der Waals surface area contributed by atoms with Gasteiger partial charge in [0, 0.05) is 57.9 Å². The SMILES string of the molecule is COc1cc(-c2csc3c(/C=C/CN(C)C4CCN(C)CC4)cnc(N)c23)ccc1NC(=O)c1cc2ccccc2n1C. The summed E-state index contributed by atoms with van der Waals surface area (Å²) < 4.78 is 8.73. The van der Waals surface area contributed by atoms with Gasteiger partial charge in [0.25, 0.3) is 5.91 Å². The van der Waals surface area contributed by atoms with Crippen molar-refractivity contribution in [2.24, 2.45) is 7.05 Å². The Balaban J connectivity index is 1.23. The fourth-order valence-corrected chi connectivity index (χ4v) is 7.08. The highest BCUT2D eigenvalue weighted by molar-refractivity contribution is 7.18. The van der Waals surface area contributed by atoms with E-state index >= 15 is 0 Å². The van der Waals surface area contributed by atoms with E-state index in [9.17, 15) is 4.79 Å². The zero-order valence-corrected chi connectivity index (χ0v) is 25.9. The number of nitrogens with zero attached hydrogens (tertiary/aromatic N) is 4. The van der Waals surface area contributed by atoms with Gasteiger partial charge in [0.15, 0.2) is 0 Å². The molecule has 9 heteroatoms. The number of benzene rings is 2. The average molecular weight is 595 g/mol. The fourth-order valence-electron chi connectivity index (χ4n) is 6.00. The minimum absolute atomic E-state index is 0.197. The number of nitrogens with two attached hydrogens (primary N) is 1. The number of nitrogen functional groups attached to an aromatic ring is 1. The Bertz CT molecular complexity index is 1810. The standard InChI is InChI=1S/C34H38N6O2S/c1-38-16-13-25(14-17-38)39(2)15-7-9-24-20-36-33(35)31-26(21-43-32(24)31)22-11-12-27(30(19-22)42-4)37-34(41)29-18-23-8-5-6-10-28(23)40(29)3/h5-12,18-21,25H,13-17H2,1-4H3,(H2,35,36)(H,37,41)/b9-7+. The third-order valence-corrected chi connectivity index (χ3v) is 9.63. The second kappa shape index (κ2) is 12.2. The number of likely N-dealkylation sites (tertiary alicyclic amines) is 1. The molecule has 0 bridgehead atoms. The van der Waals surface area contributed by atoms with Gasteiger partial charge in [0.05, 0.1) is 12.8 Å². The van der Waals surface area contributed by atoms with Gasteiger partial charge in [-0.1, -0.05) is 36.4 Å². The predicted molar refractivity (Wildman–Crippen MR) is 179 cm³/mol. The number of methoxy groups -OCH3 is 1. The van der Waals surface area contributed by atoms with E-state index in [1.807, 2.05) is 66.3 Å². The van der Waals surface area contributed by atoms with Gasteiger partial charge in [-0.15, -0.1) is 11.3 Å². The molecule has 0 spiro atoms. The summed E-state index contributed by atoms with van der Waals surface area (Å²) in [4.78, 5) is 22.6. The number of piperidine rings is 1. The molecule has 0 saturated carbocycles. The summed E-state index contributed by atoms with van der Waals surface area (Å²) in [7, 11) is 7.91. The Morgan fingerprint density at radius 2 is 1.98 bits per heavy atom. The van der Waals surface area contributed by atoms with Crippen molar-refractivity contribution in [3.05, 3.63) is 77.4 Å². The molecule has 3 aromatic heterocycles. The number of para-hydroxylation sites is 1. The Kier molecular flexibility index (Phi) is 8.21. The van der Waals surface area contributed by atoms with Crippen molar-refractivity contribution in [3.63, 3.8) is 0 Å². The van der Waals surface area contributed by atoms with Crippen molar-refractivity contribution >= 4 is 55.8 Å². The van der Waals surface area contributed by atoms with Crippen LogP contribution in [0.3, 0.4) is 0 Å². The molecular weight excluding hydrogens is 556 g/mol. The van der Waals surface area contributed by atoms with Gasteiger partial charge in [-0.2, -0.15) is 0 Å². The molecule has 6 rings (SSSR count). The molecule has 0 aliphatic carbocycles. The first-order valence-electron chi connectivity index (χ1n) is 14.6. The van der Waals surface area contributed by atoms with E-state index in [1.54, 1.807) is 18.4 Å². The summed E-state index contributed by atoms with van der Waals surface area (Å²) in [6.45, 7) is 3.20. The number of nitrogens with one attached hydrogen (secondary N) is 1. The van der Waals surface area contributed by atoms with E-state index in [0.29, 0.717) is 29.0 Å². The largest absolute Gasteiger partial charge is 0.495 e. The second-order valence-corrected chi connectivity index (χ2v) is 12.2. The number of carbonyl (C=O) groups is 1. The minimum atomic E-state index is -0.197. The zero-order valence-electron chi connectivity index (χ0n) is 25.1. The lowest BCUT2D eigenvalue weighted by Gasteiger charge is -2.34. The molecule has 1 saturated heterocycles. The first-order chi connectivity index (χ1) is 20.8. The maximum Gasteiger partial charge on any atom is 0.272 e. The minimum Gasteiger partial charge on any atom is -0.495 e. The molecule has 43 heavy (non-hydrogen) atoms. The van der Waals surface area contributed by atoms with Crippen LogP contribution in [0, 0.1) is 0 Å². The number of aromatic nitrogens is 2. The summed E-state index contributed by atoms with van der Waals surface area (Å²) in [5.74, 6) is 0.875. The van der Waals surface area contributed by atoms with Crippen molar-refractivity contribution in [1.29, 1.82) is 0 Å². The number of pyridine rings is 1. The van der Waals surface area contributed by atoms with Crippen LogP contribution in [0.4, 0.5) is 11.5 Å². The van der Waals surface area contributed by atoms with Gasteiger partial charge in [-0.3, -0.25) is 9.69 Å². The predicted octanol–water partition coefficient (Wildman–Crippen LogP) is 6.34. The van der Waals surface area contributed by atoms with Crippen LogP contribution in [0.5, 0.6) is 5.75 Å². The molecule has 1 amide bonds. The summed E-state index contributed by atoms with van der Waals surface area (Å²) in [6.07, 6.45) is 8.65.